The molecule has 0 bridgehead atoms. The third kappa shape index (κ3) is 2.65. The third-order valence-corrected chi connectivity index (χ3v) is 7.08. The summed E-state index contributed by atoms with van der Waals surface area (Å²) >= 11 is 0. The van der Waals surface area contributed by atoms with Gasteiger partial charge < -0.3 is 24.8 Å². The molecule has 35 heavy (non-hydrogen) atoms. The van der Waals surface area contributed by atoms with Gasteiger partial charge >= 0.3 is 5.97 Å². The fourth-order valence-electron chi connectivity index (χ4n) is 5.66. The highest BCUT2D eigenvalue weighted by molar-refractivity contribution is 6.32. The summed E-state index contributed by atoms with van der Waals surface area (Å²) in [5.41, 5.74) is 1.63. The standard InChI is InChI=1S/C27H20O8/c1-10-8-12-9-11-6-7-14-19(16(11)23(30)17(12)27(33)35-10)25(32)20-21(26(14)34-2)24(31)18-13(22(20)29)4-3-5-15(18)28/h3-5,9-10,28,30,32H,6-8H2,1-2H3/t10-/m1/s1. The molecule has 3 aromatic carbocycles. The van der Waals surface area contributed by atoms with E-state index >= 15 is 0 Å². The van der Waals surface area contributed by atoms with Crippen molar-refractivity contribution in [2.45, 2.75) is 32.3 Å². The summed E-state index contributed by atoms with van der Waals surface area (Å²) in [4.78, 5) is 39.6. The zero-order valence-corrected chi connectivity index (χ0v) is 18.9. The average Bonchev–Trinajstić information content (AvgIpc) is 2.81. The number of rotatable bonds is 1. The number of phenolic OH excluding ortho intramolecular Hbond substituents is 3. The molecule has 6 rings (SSSR count). The molecule has 2 aliphatic carbocycles. The van der Waals surface area contributed by atoms with Crippen molar-refractivity contribution in [1.29, 1.82) is 0 Å². The number of phenols is 3. The van der Waals surface area contributed by atoms with Gasteiger partial charge in [0, 0.05) is 28.7 Å². The Hall–Kier alpha value is -4.33. The molecule has 1 heterocycles. The lowest BCUT2D eigenvalue weighted by atomic mass is 9.75. The van der Waals surface area contributed by atoms with Gasteiger partial charge in [0.25, 0.3) is 0 Å². The fraction of sp³-hybridized carbons (Fsp3) is 0.222. The highest BCUT2D eigenvalue weighted by Gasteiger charge is 2.42. The SMILES string of the molecule is COc1c2c(c(O)c3c1C(=O)c1c(O)cccc1C3=O)-c1c(cc3c(c1O)C(=O)O[C@H](C)C3)CC2. The molecule has 1 aliphatic heterocycles. The minimum atomic E-state index is -0.661. The van der Waals surface area contributed by atoms with Crippen LogP contribution in [0.15, 0.2) is 24.3 Å². The number of aromatic hydroxyl groups is 3. The van der Waals surface area contributed by atoms with Crippen molar-refractivity contribution in [2.75, 3.05) is 7.11 Å². The average molecular weight is 472 g/mol. The van der Waals surface area contributed by atoms with Crippen LogP contribution in [0.25, 0.3) is 11.1 Å². The fourth-order valence-corrected chi connectivity index (χ4v) is 5.66. The van der Waals surface area contributed by atoms with Crippen molar-refractivity contribution in [3.05, 3.63) is 68.8 Å². The van der Waals surface area contributed by atoms with Crippen molar-refractivity contribution in [2.24, 2.45) is 0 Å². The Morgan fingerprint density at radius 2 is 1.60 bits per heavy atom. The van der Waals surface area contributed by atoms with Crippen LogP contribution in [0.2, 0.25) is 0 Å². The van der Waals surface area contributed by atoms with E-state index in [1.807, 2.05) is 6.07 Å². The number of ketones is 2. The lowest BCUT2D eigenvalue weighted by Gasteiger charge is -2.31. The second-order valence-corrected chi connectivity index (χ2v) is 9.06. The van der Waals surface area contributed by atoms with Crippen LogP contribution < -0.4 is 4.74 Å². The summed E-state index contributed by atoms with van der Waals surface area (Å²) in [7, 11) is 1.35. The summed E-state index contributed by atoms with van der Waals surface area (Å²) in [6.45, 7) is 1.77. The highest BCUT2D eigenvalue weighted by atomic mass is 16.5. The van der Waals surface area contributed by atoms with Crippen molar-refractivity contribution in [1.82, 2.24) is 0 Å². The topological polar surface area (TPSA) is 130 Å². The summed E-state index contributed by atoms with van der Waals surface area (Å²) < 4.78 is 10.9. The molecule has 0 radical (unpaired) electrons. The monoisotopic (exact) mass is 472 g/mol. The Bertz CT molecular complexity index is 1530. The largest absolute Gasteiger partial charge is 0.507 e. The maximum Gasteiger partial charge on any atom is 0.342 e. The van der Waals surface area contributed by atoms with Crippen LogP contribution in [0.4, 0.5) is 0 Å². The van der Waals surface area contributed by atoms with Crippen LogP contribution in [0.3, 0.4) is 0 Å². The maximum absolute atomic E-state index is 13.5. The van der Waals surface area contributed by atoms with Gasteiger partial charge in [0.05, 0.1) is 23.8 Å². The normalized spacial score (nSPS) is 17.5. The second-order valence-electron chi connectivity index (χ2n) is 9.06. The van der Waals surface area contributed by atoms with Crippen molar-refractivity contribution in [3.8, 4) is 34.1 Å². The summed E-state index contributed by atoms with van der Waals surface area (Å²) in [5, 5.41) is 33.0. The van der Waals surface area contributed by atoms with Crippen LogP contribution in [0.1, 0.15) is 65.8 Å². The van der Waals surface area contributed by atoms with Gasteiger partial charge in [-0.2, -0.15) is 0 Å². The van der Waals surface area contributed by atoms with Crippen molar-refractivity contribution < 1.29 is 39.2 Å². The zero-order valence-electron chi connectivity index (χ0n) is 18.9. The first-order valence-corrected chi connectivity index (χ1v) is 11.2. The molecule has 0 spiro atoms. The van der Waals surface area contributed by atoms with Gasteiger partial charge in [-0.05, 0) is 37.0 Å². The summed E-state index contributed by atoms with van der Waals surface area (Å²) in [6, 6.07) is 5.99. The first-order valence-electron chi connectivity index (χ1n) is 11.2. The first-order chi connectivity index (χ1) is 16.7. The molecule has 1 atom stereocenters. The number of cyclic esters (lactones) is 1. The molecular formula is C27H20O8. The number of esters is 1. The number of methoxy groups -OCH3 is 1. The lowest BCUT2D eigenvalue weighted by molar-refractivity contribution is 0.0297. The number of ether oxygens (including phenoxy) is 2. The first kappa shape index (κ1) is 21.2. The molecule has 0 fully saturated rings. The molecule has 0 aromatic heterocycles. The Kier molecular flexibility index (Phi) is 4.30. The Morgan fingerprint density at radius 1 is 0.857 bits per heavy atom. The van der Waals surface area contributed by atoms with Crippen LogP contribution in [-0.2, 0) is 24.0 Å². The van der Waals surface area contributed by atoms with Gasteiger partial charge in [-0.25, -0.2) is 4.79 Å². The minimum absolute atomic E-state index is 0.0310. The molecular weight excluding hydrogens is 452 g/mol. The van der Waals surface area contributed by atoms with Crippen LogP contribution >= 0.6 is 0 Å². The van der Waals surface area contributed by atoms with Crippen molar-refractivity contribution >= 4 is 17.5 Å². The zero-order chi connectivity index (χ0) is 24.8. The highest BCUT2D eigenvalue weighted by Crippen LogP contribution is 2.54. The number of benzene rings is 3. The van der Waals surface area contributed by atoms with E-state index in [1.165, 1.54) is 25.3 Å². The van der Waals surface area contributed by atoms with Crippen LogP contribution in [0, 0.1) is 0 Å². The van der Waals surface area contributed by atoms with E-state index in [0.717, 1.165) is 0 Å². The van der Waals surface area contributed by atoms with E-state index in [2.05, 4.69) is 0 Å². The van der Waals surface area contributed by atoms with Gasteiger partial charge in [0.2, 0.25) is 5.78 Å². The molecule has 3 aromatic rings. The predicted molar refractivity (Wildman–Crippen MR) is 123 cm³/mol. The van der Waals surface area contributed by atoms with Gasteiger partial charge in [-0.3, -0.25) is 9.59 Å². The summed E-state index contributed by atoms with van der Waals surface area (Å²) in [6.07, 6.45) is 0.927. The summed E-state index contributed by atoms with van der Waals surface area (Å²) in [5.74, 6) is -3.00. The van der Waals surface area contributed by atoms with Gasteiger partial charge in [-0.15, -0.1) is 0 Å². The van der Waals surface area contributed by atoms with E-state index < -0.39 is 23.3 Å². The van der Waals surface area contributed by atoms with Gasteiger partial charge in [0.1, 0.15) is 34.7 Å². The third-order valence-electron chi connectivity index (χ3n) is 7.08. The number of fused-ring (bicyclic) bond motifs is 6. The molecule has 0 saturated heterocycles. The predicted octanol–water partition coefficient (Wildman–Crippen LogP) is 3.45. The lowest BCUT2D eigenvalue weighted by Crippen LogP contribution is -2.26. The minimum Gasteiger partial charge on any atom is -0.507 e. The van der Waals surface area contributed by atoms with E-state index in [9.17, 15) is 29.7 Å². The Labute approximate surface area is 199 Å². The molecule has 0 amide bonds. The number of hydrogen-bond donors (Lipinski definition) is 3. The molecule has 3 aliphatic rings. The van der Waals surface area contributed by atoms with Gasteiger partial charge in [0.15, 0.2) is 5.78 Å². The quantitative estimate of drug-likeness (QED) is 0.359. The second kappa shape index (κ2) is 7.09. The Balaban J connectivity index is 1.69. The van der Waals surface area contributed by atoms with Crippen molar-refractivity contribution in [3.63, 3.8) is 0 Å². The molecule has 3 N–H and O–H groups in total. The van der Waals surface area contributed by atoms with Crippen LogP contribution in [-0.4, -0.2) is 46.1 Å². The maximum atomic E-state index is 13.5. The molecule has 0 saturated carbocycles. The number of carbonyl (C=O) groups is 3. The van der Waals surface area contributed by atoms with E-state index in [0.29, 0.717) is 36.0 Å². The Morgan fingerprint density at radius 3 is 2.34 bits per heavy atom. The van der Waals surface area contributed by atoms with Crippen LogP contribution in [0.5, 0.6) is 23.0 Å². The number of hydrogen-bond acceptors (Lipinski definition) is 8. The van der Waals surface area contributed by atoms with E-state index in [-0.39, 0.29) is 62.3 Å². The van der Waals surface area contributed by atoms with E-state index in [4.69, 9.17) is 9.47 Å². The molecule has 176 valence electrons. The molecule has 0 unspecified atom stereocenters. The molecule has 8 nitrogen and oxygen atoms in total. The van der Waals surface area contributed by atoms with Gasteiger partial charge in [-0.1, -0.05) is 18.2 Å². The molecule has 8 heteroatoms. The number of aryl methyl sites for hydroxylation is 1. The smallest absolute Gasteiger partial charge is 0.342 e. The number of carbonyl (C=O) groups excluding carboxylic acids is 3. The van der Waals surface area contributed by atoms with E-state index in [1.54, 1.807) is 6.92 Å².